The number of nitrogens with one attached hydrogen (secondary N) is 3. The highest BCUT2D eigenvalue weighted by Crippen LogP contribution is 2.16. The largest absolute Gasteiger partial charge is 0.352 e. The number of amides is 3. The van der Waals surface area contributed by atoms with Gasteiger partial charge in [0.1, 0.15) is 6.04 Å². The molecular weight excluding hydrogens is 330 g/mol. The van der Waals surface area contributed by atoms with E-state index in [9.17, 15) is 14.4 Å². The van der Waals surface area contributed by atoms with Gasteiger partial charge in [-0.05, 0) is 44.4 Å². The number of hydrogen-bond acceptors (Lipinski definition) is 3. The van der Waals surface area contributed by atoms with Gasteiger partial charge in [-0.1, -0.05) is 17.7 Å². The highest BCUT2D eigenvalue weighted by Gasteiger charge is 2.24. The molecule has 1 aromatic rings. The summed E-state index contributed by atoms with van der Waals surface area (Å²) in [6, 6.07) is 4.38. The van der Waals surface area contributed by atoms with Crippen LogP contribution in [0.3, 0.4) is 0 Å². The molecule has 0 radical (unpaired) electrons. The zero-order valence-corrected chi connectivity index (χ0v) is 14.6. The van der Waals surface area contributed by atoms with Gasteiger partial charge in [-0.25, -0.2) is 0 Å². The van der Waals surface area contributed by atoms with Crippen LogP contribution in [0.25, 0.3) is 0 Å². The molecule has 0 aromatic heterocycles. The molecule has 2 rings (SSSR count). The van der Waals surface area contributed by atoms with E-state index in [4.69, 9.17) is 11.6 Å². The lowest BCUT2D eigenvalue weighted by Gasteiger charge is -2.23. The number of rotatable bonds is 5. The standard InChI is InChI=1S/C17H22ClN3O3/c1-10-6-7-12(8-13(10)18)16(23)20-11(2)9-19-17(24)14-4-3-5-15(22)21-14/h6-8,11,14H,3-5,9H2,1-2H3,(H,19,24)(H,20,23)(H,21,22)/t11-,14-/m1/s1. The molecule has 0 bridgehead atoms. The van der Waals surface area contributed by atoms with Crippen LogP contribution in [0, 0.1) is 6.92 Å². The topological polar surface area (TPSA) is 87.3 Å². The quantitative estimate of drug-likeness (QED) is 0.752. The number of halogens is 1. The maximum atomic E-state index is 12.2. The third-order valence-corrected chi connectivity index (χ3v) is 4.35. The molecule has 6 nitrogen and oxygen atoms in total. The molecule has 1 saturated heterocycles. The Labute approximate surface area is 146 Å². The Bertz CT molecular complexity index is 648. The molecule has 0 saturated carbocycles. The fourth-order valence-corrected chi connectivity index (χ4v) is 2.65. The van der Waals surface area contributed by atoms with E-state index in [2.05, 4.69) is 16.0 Å². The van der Waals surface area contributed by atoms with Crippen molar-refractivity contribution in [3.05, 3.63) is 34.3 Å². The van der Waals surface area contributed by atoms with Gasteiger partial charge in [0, 0.05) is 29.6 Å². The average Bonchev–Trinajstić information content (AvgIpc) is 2.55. The van der Waals surface area contributed by atoms with Gasteiger partial charge in [-0.3, -0.25) is 14.4 Å². The lowest BCUT2D eigenvalue weighted by molar-refractivity contribution is -0.131. The molecule has 1 heterocycles. The maximum absolute atomic E-state index is 12.2. The van der Waals surface area contributed by atoms with Gasteiger partial charge < -0.3 is 16.0 Å². The van der Waals surface area contributed by atoms with E-state index >= 15 is 0 Å². The highest BCUT2D eigenvalue weighted by atomic mass is 35.5. The number of aryl methyl sites for hydroxylation is 1. The van der Waals surface area contributed by atoms with Crippen molar-refractivity contribution in [1.82, 2.24) is 16.0 Å². The minimum atomic E-state index is -0.481. The fourth-order valence-electron chi connectivity index (χ4n) is 2.47. The molecule has 1 aliphatic rings. The first-order valence-electron chi connectivity index (χ1n) is 8.01. The second-order valence-electron chi connectivity index (χ2n) is 6.10. The van der Waals surface area contributed by atoms with Crippen molar-refractivity contribution in [2.45, 2.75) is 45.2 Å². The SMILES string of the molecule is Cc1ccc(C(=O)N[C@H](C)CNC(=O)[C@H]2CCCC(=O)N2)cc1Cl. The predicted molar refractivity (Wildman–Crippen MR) is 91.9 cm³/mol. The second-order valence-corrected chi connectivity index (χ2v) is 6.50. The molecule has 0 aliphatic carbocycles. The van der Waals surface area contributed by atoms with Gasteiger partial charge in [0.25, 0.3) is 5.91 Å². The van der Waals surface area contributed by atoms with Crippen molar-refractivity contribution in [2.24, 2.45) is 0 Å². The van der Waals surface area contributed by atoms with E-state index in [0.717, 1.165) is 5.56 Å². The van der Waals surface area contributed by atoms with Crippen molar-refractivity contribution in [3.8, 4) is 0 Å². The first-order chi connectivity index (χ1) is 11.4. The third-order valence-electron chi connectivity index (χ3n) is 3.94. The summed E-state index contributed by atoms with van der Waals surface area (Å²) in [5.74, 6) is -0.564. The lowest BCUT2D eigenvalue weighted by Crippen LogP contribution is -2.51. The van der Waals surface area contributed by atoms with Crippen LogP contribution in [0.5, 0.6) is 0 Å². The molecule has 1 aromatic carbocycles. The van der Waals surface area contributed by atoms with Crippen molar-refractivity contribution in [3.63, 3.8) is 0 Å². The number of hydrogen-bond donors (Lipinski definition) is 3. The Kier molecular flexibility index (Phi) is 6.20. The average molecular weight is 352 g/mol. The summed E-state index contributed by atoms with van der Waals surface area (Å²) < 4.78 is 0. The van der Waals surface area contributed by atoms with Gasteiger partial charge in [-0.2, -0.15) is 0 Å². The van der Waals surface area contributed by atoms with Gasteiger partial charge in [0.05, 0.1) is 0 Å². The van der Waals surface area contributed by atoms with E-state index in [-0.39, 0.29) is 30.3 Å². The van der Waals surface area contributed by atoms with Crippen molar-refractivity contribution in [2.75, 3.05) is 6.54 Å². The Morgan fingerprint density at radius 3 is 2.83 bits per heavy atom. The summed E-state index contributed by atoms with van der Waals surface area (Å²) >= 11 is 6.02. The second kappa shape index (κ2) is 8.15. The number of carbonyl (C=O) groups excluding carboxylic acids is 3. The lowest BCUT2D eigenvalue weighted by atomic mass is 10.0. The van der Waals surface area contributed by atoms with Gasteiger partial charge in [-0.15, -0.1) is 0 Å². The molecule has 1 aliphatic heterocycles. The van der Waals surface area contributed by atoms with Crippen molar-refractivity contribution in [1.29, 1.82) is 0 Å². The molecule has 1 fully saturated rings. The van der Waals surface area contributed by atoms with E-state index in [1.807, 2.05) is 6.92 Å². The first kappa shape index (κ1) is 18.3. The molecule has 3 amide bonds. The molecule has 0 unspecified atom stereocenters. The molecule has 130 valence electrons. The van der Waals surface area contributed by atoms with Gasteiger partial charge in [0.2, 0.25) is 11.8 Å². The summed E-state index contributed by atoms with van der Waals surface area (Å²) in [4.78, 5) is 35.5. The van der Waals surface area contributed by atoms with Crippen LogP contribution in [0.4, 0.5) is 0 Å². The van der Waals surface area contributed by atoms with Crippen molar-refractivity contribution < 1.29 is 14.4 Å². The predicted octanol–water partition coefficient (Wildman–Crippen LogP) is 1.55. The number of piperidine rings is 1. The summed E-state index contributed by atoms with van der Waals surface area (Å²) in [6.07, 6.45) is 1.82. The Morgan fingerprint density at radius 2 is 2.17 bits per heavy atom. The number of carbonyl (C=O) groups is 3. The minimum Gasteiger partial charge on any atom is -0.352 e. The van der Waals surface area contributed by atoms with Gasteiger partial charge in [0.15, 0.2) is 0 Å². The zero-order chi connectivity index (χ0) is 17.7. The van der Waals surface area contributed by atoms with E-state index in [0.29, 0.717) is 29.8 Å². The molecule has 0 spiro atoms. The smallest absolute Gasteiger partial charge is 0.251 e. The Morgan fingerprint density at radius 1 is 1.42 bits per heavy atom. The van der Waals surface area contributed by atoms with E-state index in [1.165, 1.54) is 0 Å². The monoisotopic (exact) mass is 351 g/mol. The highest BCUT2D eigenvalue weighted by molar-refractivity contribution is 6.31. The molecule has 2 atom stereocenters. The van der Waals surface area contributed by atoms with Crippen LogP contribution in [-0.2, 0) is 9.59 Å². The molecule has 3 N–H and O–H groups in total. The summed E-state index contributed by atoms with van der Waals surface area (Å²) in [6.45, 7) is 3.95. The van der Waals surface area contributed by atoms with Crippen LogP contribution in [0.15, 0.2) is 18.2 Å². The van der Waals surface area contributed by atoms with Crippen LogP contribution >= 0.6 is 11.6 Å². The Hall–Kier alpha value is -2.08. The van der Waals surface area contributed by atoms with Crippen LogP contribution in [0.2, 0.25) is 5.02 Å². The minimum absolute atomic E-state index is 0.0981. The first-order valence-corrected chi connectivity index (χ1v) is 8.38. The molecule has 24 heavy (non-hydrogen) atoms. The Balaban J connectivity index is 1.80. The number of benzene rings is 1. The van der Waals surface area contributed by atoms with Crippen molar-refractivity contribution >= 4 is 29.3 Å². The molecular formula is C17H22ClN3O3. The van der Waals surface area contributed by atoms with Crippen LogP contribution in [-0.4, -0.2) is 36.3 Å². The zero-order valence-electron chi connectivity index (χ0n) is 13.8. The fraction of sp³-hybridized carbons (Fsp3) is 0.471. The van der Waals surface area contributed by atoms with Crippen LogP contribution in [0.1, 0.15) is 42.1 Å². The molecule has 7 heteroatoms. The van der Waals surface area contributed by atoms with Crippen LogP contribution < -0.4 is 16.0 Å². The maximum Gasteiger partial charge on any atom is 0.251 e. The summed E-state index contributed by atoms with van der Waals surface area (Å²) in [5.41, 5.74) is 1.38. The summed E-state index contributed by atoms with van der Waals surface area (Å²) in [5, 5.41) is 8.77. The van der Waals surface area contributed by atoms with E-state index in [1.54, 1.807) is 25.1 Å². The van der Waals surface area contributed by atoms with E-state index < -0.39 is 6.04 Å². The normalized spacial score (nSPS) is 18.5. The third kappa shape index (κ3) is 4.96. The van der Waals surface area contributed by atoms with Gasteiger partial charge >= 0.3 is 0 Å². The summed E-state index contributed by atoms with van der Waals surface area (Å²) in [7, 11) is 0.